The van der Waals surface area contributed by atoms with Crippen LogP contribution in [0.3, 0.4) is 0 Å². The third kappa shape index (κ3) is 4.37. The predicted molar refractivity (Wildman–Crippen MR) is 129 cm³/mol. The van der Waals surface area contributed by atoms with Crippen LogP contribution in [0.25, 0.3) is 33.5 Å². The molecule has 34 heavy (non-hydrogen) atoms. The molecule has 1 N–H and O–H groups in total. The molecule has 9 heteroatoms. The first kappa shape index (κ1) is 22.1. The summed E-state index contributed by atoms with van der Waals surface area (Å²) in [7, 11) is 1.91. The maximum atomic E-state index is 12.6. The normalized spacial score (nSPS) is 16.7. The van der Waals surface area contributed by atoms with Gasteiger partial charge in [0.2, 0.25) is 0 Å². The lowest BCUT2D eigenvalue weighted by Crippen LogP contribution is -2.42. The van der Waals surface area contributed by atoms with Crippen LogP contribution < -0.4 is 0 Å². The Hall–Kier alpha value is -3.75. The van der Waals surface area contributed by atoms with Gasteiger partial charge in [0.25, 0.3) is 0 Å². The summed E-state index contributed by atoms with van der Waals surface area (Å²) in [5.41, 5.74) is 3.23. The van der Waals surface area contributed by atoms with Gasteiger partial charge in [-0.05, 0) is 63.9 Å². The van der Waals surface area contributed by atoms with Gasteiger partial charge in [-0.3, -0.25) is 14.8 Å². The van der Waals surface area contributed by atoms with Crippen molar-refractivity contribution in [1.82, 2.24) is 34.8 Å². The smallest absolute Gasteiger partial charge is 0.410 e. The van der Waals surface area contributed by atoms with E-state index in [4.69, 9.17) is 14.8 Å². The molecule has 4 aromatic rings. The summed E-state index contributed by atoms with van der Waals surface area (Å²) in [5, 5.41) is 13.3. The van der Waals surface area contributed by atoms with E-state index in [1.54, 1.807) is 17.3 Å². The van der Waals surface area contributed by atoms with Gasteiger partial charge in [-0.1, -0.05) is 0 Å². The van der Waals surface area contributed by atoms with E-state index in [1.807, 2.05) is 56.8 Å². The fraction of sp³-hybridized carbons (Fsp3) is 0.400. The van der Waals surface area contributed by atoms with Crippen LogP contribution in [0.2, 0.25) is 0 Å². The summed E-state index contributed by atoms with van der Waals surface area (Å²) in [6.45, 7) is 6.94. The van der Waals surface area contributed by atoms with E-state index in [0.717, 1.165) is 46.4 Å². The Bertz CT molecular complexity index is 1320. The predicted octanol–water partition coefficient (Wildman–Crippen LogP) is 4.53. The quantitative estimate of drug-likeness (QED) is 0.483. The minimum absolute atomic E-state index is 0.109. The van der Waals surface area contributed by atoms with Crippen LogP contribution >= 0.6 is 0 Å². The number of nitrogens with zero attached hydrogens (tertiary/aromatic N) is 6. The molecule has 0 radical (unpaired) electrons. The number of amides is 1. The third-order valence-electron chi connectivity index (χ3n) is 6.01. The zero-order chi connectivity index (χ0) is 23.9. The standard InChI is InChI=1S/C25H29N7O2/c1-25(2,3)34-24(33)32-13-5-6-18(15-32)23-27-22(30-31(23)4)17-7-8-20-19(14-17)21(29-28-20)16-9-11-26-12-10-16/h7-12,14,18H,5-6,13,15H2,1-4H3,(H,28,29)/t18-/m1/s1. The summed E-state index contributed by atoms with van der Waals surface area (Å²) in [5.74, 6) is 1.65. The second-order valence-electron chi connectivity index (χ2n) is 9.75. The minimum Gasteiger partial charge on any atom is -0.444 e. The molecule has 1 aromatic carbocycles. The number of hydrogen-bond donors (Lipinski definition) is 1. The summed E-state index contributed by atoms with van der Waals surface area (Å²) in [6.07, 6.45) is 5.11. The number of pyridine rings is 1. The SMILES string of the molecule is Cn1nc(-c2ccc3[nH]nc(-c4ccncc4)c3c2)nc1[C@@H]1CCCN(C(=O)OC(C)(C)C)C1. The second-order valence-corrected chi connectivity index (χ2v) is 9.75. The van der Waals surface area contributed by atoms with Gasteiger partial charge in [0.05, 0.1) is 5.52 Å². The van der Waals surface area contributed by atoms with E-state index >= 15 is 0 Å². The van der Waals surface area contributed by atoms with E-state index in [1.165, 1.54) is 0 Å². The number of nitrogens with one attached hydrogen (secondary N) is 1. The van der Waals surface area contributed by atoms with Crippen molar-refractivity contribution in [2.45, 2.75) is 45.1 Å². The van der Waals surface area contributed by atoms with Crippen LogP contribution in [0.1, 0.15) is 45.4 Å². The summed E-state index contributed by atoms with van der Waals surface area (Å²) >= 11 is 0. The average Bonchev–Trinajstić information content (AvgIpc) is 3.42. The van der Waals surface area contributed by atoms with Crippen molar-refractivity contribution in [3.63, 3.8) is 0 Å². The van der Waals surface area contributed by atoms with Gasteiger partial charge >= 0.3 is 6.09 Å². The number of fused-ring (bicyclic) bond motifs is 1. The Kier molecular flexibility index (Phi) is 5.55. The first-order chi connectivity index (χ1) is 16.3. The number of carbonyl (C=O) groups excluding carboxylic acids is 1. The number of aromatic amines is 1. The van der Waals surface area contributed by atoms with Crippen molar-refractivity contribution in [3.8, 4) is 22.6 Å². The fourth-order valence-corrected chi connectivity index (χ4v) is 4.44. The molecule has 0 unspecified atom stereocenters. The van der Waals surface area contributed by atoms with Gasteiger partial charge in [0.15, 0.2) is 5.82 Å². The summed E-state index contributed by atoms with van der Waals surface area (Å²) in [4.78, 5) is 23.4. The van der Waals surface area contributed by atoms with E-state index in [0.29, 0.717) is 18.9 Å². The van der Waals surface area contributed by atoms with Gasteiger partial charge in [0.1, 0.15) is 17.1 Å². The van der Waals surface area contributed by atoms with Crippen LogP contribution in [0, 0.1) is 0 Å². The molecule has 1 aliphatic rings. The van der Waals surface area contributed by atoms with Crippen molar-refractivity contribution in [1.29, 1.82) is 0 Å². The molecule has 0 aliphatic carbocycles. The summed E-state index contributed by atoms with van der Waals surface area (Å²) < 4.78 is 7.41. The first-order valence-electron chi connectivity index (χ1n) is 11.6. The van der Waals surface area contributed by atoms with Crippen molar-refractivity contribution in [2.24, 2.45) is 7.05 Å². The fourth-order valence-electron chi connectivity index (χ4n) is 4.44. The molecule has 1 atom stereocenters. The number of benzene rings is 1. The molecule has 0 spiro atoms. The number of piperidine rings is 1. The van der Waals surface area contributed by atoms with Gasteiger partial charge in [-0.2, -0.15) is 10.2 Å². The number of carbonyl (C=O) groups is 1. The minimum atomic E-state index is -0.511. The highest BCUT2D eigenvalue weighted by atomic mass is 16.6. The second kappa shape index (κ2) is 8.55. The molecular formula is C25H29N7O2. The monoisotopic (exact) mass is 459 g/mol. The largest absolute Gasteiger partial charge is 0.444 e. The molecule has 1 amide bonds. The van der Waals surface area contributed by atoms with Gasteiger partial charge in [-0.25, -0.2) is 9.78 Å². The molecule has 176 valence electrons. The number of H-pyrrole nitrogens is 1. The number of ether oxygens (including phenoxy) is 1. The van der Waals surface area contributed by atoms with Crippen molar-refractivity contribution < 1.29 is 9.53 Å². The van der Waals surface area contributed by atoms with E-state index < -0.39 is 5.60 Å². The van der Waals surface area contributed by atoms with Gasteiger partial charge < -0.3 is 9.64 Å². The molecule has 5 rings (SSSR count). The van der Waals surface area contributed by atoms with Gasteiger partial charge in [-0.15, -0.1) is 0 Å². The molecule has 1 aliphatic heterocycles. The number of rotatable bonds is 3. The maximum absolute atomic E-state index is 12.6. The molecule has 9 nitrogen and oxygen atoms in total. The van der Waals surface area contributed by atoms with Crippen LogP contribution in [0.15, 0.2) is 42.7 Å². The lowest BCUT2D eigenvalue weighted by Gasteiger charge is -2.33. The highest BCUT2D eigenvalue weighted by Crippen LogP contribution is 2.31. The number of aromatic nitrogens is 6. The van der Waals surface area contributed by atoms with E-state index in [2.05, 4.69) is 21.2 Å². The Labute approximate surface area is 198 Å². The zero-order valence-corrected chi connectivity index (χ0v) is 19.9. The molecule has 0 saturated carbocycles. The molecule has 1 saturated heterocycles. The Morgan fingerprint density at radius 1 is 1.15 bits per heavy atom. The lowest BCUT2D eigenvalue weighted by molar-refractivity contribution is 0.0195. The molecule has 3 aromatic heterocycles. The molecule has 0 bridgehead atoms. The number of likely N-dealkylation sites (tertiary alicyclic amines) is 1. The van der Waals surface area contributed by atoms with Crippen LogP contribution in [0.5, 0.6) is 0 Å². The van der Waals surface area contributed by atoms with E-state index in [-0.39, 0.29) is 12.0 Å². The Morgan fingerprint density at radius 3 is 2.71 bits per heavy atom. The van der Waals surface area contributed by atoms with Crippen molar-refractivity contribution in [2.75, 3.05) is 13.1 Å². The summed E-state index contributed by atoms with van der Waals surface area (Å²) in [6, 6.07) is 9.96. The van der Waals surface area contributed by atoms with Crippen LogP contribution in [0.4, 0.5) is 4.79 Å². The lowest BCUT2D eigenvalue weighted by atomic mass is 9.97. The highest BCUT2D eigenvalue weighted by Gasteiger charge is 2.31. The van der Waals surface area contributed by atoms with Gasteiger partial charge in [0, 0.05) is 55.0 Å². The Morgan fingerprint density at radius 2 is 1.94 bits per heavy atom. The third-order valence-corrected chi connectivity index (χ3v) is 6.01. The molecule has 4 heterocycles. The first-order valence-corrected chi connectivity index (χ1v) is 11.6. The van der Waals surface area contributed by atoms with Crippen LogP contribution in [-0.2, 0) is 11.8 Å². The van der Waals surface area contributed by atoms with E-state index in [9.17, 15) is 4.79 Å². The number of hydrogen-bond acceptors (Lipinski definition) is 6. The topological polar surface area (TPSA) is 102 Å². The average molecular weight is 460 g/mol. The highest BCUT2D eigenvalue weighted by molar-refractivity contribution is 5.95. The Balaban J connectivity index is 1.42. The molecule has 1 fully saturated rings. The van der Waals surface area contributed by atoms with Crippen molar-refractivity contribution in [3.05, 3.63) is 48.5 Å². The van der Waals surface area contributed by atoms with Crippen molar-refractivity contribution >= 4 is 17.0 Å². The number of aryl methyl sites for hydroxylation is 1. The molecular weight excluding hydrogens is 430 g/mol. The van der Waals surface area contributed by atoms with Crippen LogP contribution in [-0.4, -0.2) is 59.6 Å². The maximum Gasteiger partial charge on any atom is 0.410 e. The zero-order valence-electron chi connectivity index (χ0n) is 19.9.